The Bertz CT molecular complexity index is 348. The van der Waals surface area contributed by atoms with Crippen molar-refractivity contribution in [1.82, 2.24) is 0 Å². The van der Waals surface area contributed by atoms with Crippen molar-refractivity contribution in [1.29, 1.82) is 0 Å². The molecule has 19 heavy (non-hydrogen) atoms. The molecule has 0 spiro atoms. The molecular formula is C16H27NO2. The number of rotatable bonds is 9. The molecule has 0 aromatic heterocycles. The Hall–Kier alpha value is -1.06. The van der Waals surface area contributed by atoms with Crippen molar-refractivity contribution in [2.75, 3.05) is 13.2 Å². The summed E-state index contributed by atoms with van der Waals surface area (Å²) in [6.45, 7) is 7.67. The number of nitrogens with two attached hydrogens (primary N) is 1. The zero-order valence-corrected chi connectivity index (χ0v) is 12.4. The first kappa shape index (κ1) is 16.0. The molecule has 0 fully saturated rings. The Morgan fingerprint density at radius 1 is 1.11 bits per heavy atom. The van der Waals surface area contributed by atoms with Crippen molar-refractivity contribution in [2.45, 2.75) is 52.2 Å². The van der Waals surface area contributed by atoms with Crippen LogP contribution in [0.25, 0.3) is 0 Å². The molecule has 0 saturated heterocycles. The highest BCUT2D eigenvalue weighted by Crippen LogP contribution is 2.28. The zero-order valence-electron chi connectivity index (χ0n) is 12.4. The summed E-state index contributed by atoms with van der Waals surface area (Å²) >= 11 is 0. The molecule has 0 aliphatic rings. The number of hydrogen-bond acceptors (Lipinski definition) is 3. The van der Waals surface area contributed by atoms with Crippen LogP contribution in [0.15, 0.2) is 24.3 Å². The predicted octanol–water partition coefficient (Wildman–Crippen LogP) is 3.68. The summed E-state index contributed by atoms with van der Waals surface area (Å²) in [6.07, 6.45) is 3.09. The molecule has 2 unspecified atom stereocenters. The largest absolute Gasteiger partial charge is 0.493 e. The van der Waals surface area contributed by atoms with Gasteiger partial charge < -0.3 is 15.2 Å². The van der Waals surface area contributed by atoms with Gasteiger partial charge in [-0.2, -0.15) is 0 Å². The Balaban J connectivity index is 2.86. The topological polar surface area (TPSA) is 44.5 Å². The van der Waals surface area contributed by atoms with E-state index in [0.717, 1.165) is 37.2 Å². The van der Waals surface area contributed by atoms with Gasteiger partial charge in [0.15, 0.2) is 0 Å². The fourth-order valence-corrected chi connectivity index (χ4v) is 2.16. The molecule has 0 aliphatic heterocycles. The summed E-state index contributed by atoms with van der Waals surface area (Å²) in [4.78, 5) is 0. The number of ether oxygens (including phenoxy) is 2. The molecule has 0 aliphatic carbocycles. The van der Waals surface area contributed by atoms with Crippen LogP contribution in [0.2, 0.25) is 0 Å². The molecule has 0 bridgehead atoms. The lowest BCUT2D eigenvalue weighted by atomic mass is 9.98. The molecule has 108 valence electrons. The first-order valence-corrected chi connectivity index (χ1v) is 7.33. The average molecular weight is 265 g/mol. The zero-order chi connectivity index (χ0) is 14.1. The van der Waals surface area contributed by atoms with E-state index in [9.17, 15) is 0 Å². The van der Waals surface area contributed by atoms with E-state index in [0.29, 0.717) is 6.61 Å². The third kappa shape index (κ3) is 4.84. The van der Waals surface area contributed by atoms with Gasteiger partial charge in [-0.15, -0.1) is 0 Å². The van der Waals surface area contributed by atoms with Gasteiger partial charge in [0.2, 0.25) is 0 Å². The Labute approximate surface area is 117 Å². The molecule has 2 atom stereocenters. The second-order valence-corrected chi connectivity index (χ2v) is 4.69. The van der Waals surface area contributed by atoms with Gasteiger partial charge in [0.25, 0.3) is 0 Å². The van der Waals surface area contributed by atoms with Crippen LogP contribution in [-0.4, -0.2) is 19.3 Å². The smallest absolute Gasteiger partial charge is 0.124 e. The third-order valence-electron chi connectivity index (χ3n) is 3.09. The van der Waals surface area contributed by atoms with Crippen molar-refractivity contribution >= 4 is 0 Å². The SMILES string of the molecule is CCCOc1ccccc1C(N)C(CCC)OCC. The third-order valence-corrected chi connectivity index (χ3v) is 3.09. The summed E-state index contributed by atoms with van der Waals surface area (Å²) in [6, 6.07) is 7.88. The molecule has 1 aromatic rings. The van der Waals surface area contributed by atoms with Gasteiger partial charge >= 0.3 is 0 Å². The highest BCUT2D eigenvalue weighted by Gasteiger charge is 2.21. The van der Waals surface area contributed by atoms with Crippen LogP contribution in [0.1, 0.15) is 51.6 Å². The van der Waals surface area contributed by atoms with Gasteiger partial charge in [0, 0.05) is 12.2 Å². The highest BCUT2D eigenvalue weighted by atomic mass is 16.5. The average Bonchev–Trinajstić information content (AvgIpc) is 2.44. The highest BCUT2D eigenvalue weighted by molar-refractivity contribution is 5.36. The van der Waals surface area contributed by atoms with Crippen molar-refractivity contribution < 1.29 is 9.47 Å². The molecule has 2 N–H and O–H groups in total. The number of benzene rings is 1. The van der Waals surface area contributed by atoms with Crippen LogP contribution in [0.5, 0.6) is 5.75 Å². The van der Waals surface area contributed by atoms with E-state index < -0.39 is 0 Å². The van der Waals surface area contributed by atoms with Crippen molar-refractivity contribution in [3.05, 3.63) is 29.8 Å². The Kier molecular flexibility index (Phi) is 7.53. The van der Waals surface area contributed by atoms with E-state index in [2.05, 4.69) is 13.8 Å². The second-order valence-electron chi connectivity index (χ2n) is 4.69. The minimum absolute atomic E-state index is 0.0568. The maximum absolute atomic E-state index is 6.38. The predicted molar refractivity (Wildman–Crippen MR) is 79.5 cm³/mol. The van der Waals surface area contributed by atoms with Crippen molar-refractivity contribution in [2.24, 2.45) is 5.73 Å². The summed E-state index contributed by atoms with van der Waals surface area (Å²) in [7, 11) is 0. The number of hydrogen-bond donors (Lipinski definition) is 1. The Morgan fingerprint density at radius 2 is 1.84 bits per heavy atom. The normalized spacial score (nSPS) is 14.1. The molecule has 0 heterocycles. The van der Waals surface area contributed by atoms with Gasteiger partial charge in [-0.3, -0.25) is 0 Å². The summed E-state index contributed by atoms with van der Waals surface area (Å²) in [5.74, 6) is 0.887. The molecule has 0 amide bonds. The van der Waals surface area contributed by atoms with Gasteiger partial charge in [0.1, 0.15) is 5.75 Å². The minimum atomic E-state index is -0.132. The van der Waals surface area contributed by atoms with E-state index >= 15 is 0 Å². The Morgan fingerprint density at radius 3 is 2.47 bits per heavy atom. The molecule has 3 nitrogen and oxygen atoms in total. The van der Waals surface area contributed by atoms with Gasteiger partial charge in [0.05, 0.1) is 18.8 Å². The fraction of sp³-hybridized carbons (Fsp3) is 0.625. The lowest BCUT2D eigenvalue weighted by molar-refractivity contribution is 0.0367. The van der Waals surface area contributed by atoms with Crippen LogP contribution in [-0.2, 0) is 4.74 Å². The molecule has 1 aromatic carbocycles. The molecule has 0 radical (unpaired) electrons. The second kappa shape index (κ2) is 8.94. The van der Waals surface area contributed by atoms with Crippen LogP contribution < -0.4 is 10.5 Å². The quantitative estimate of drug-likeness (QED) is 0.740. The van der Waals surface area contributed by atoms with Gasteiger partial charge in [-0.05, 0) is 25.8 Å². The van der Waals surface area contributed by atoms with E-state index in [4.69, 9.17) is 15.2 Å². The maximum Gasteiger partial charge on any atom is 0.124 e. The first-order valence-electron chi connectivity index (χ1n) is 7.33. The van der Waals surface area contributed by atoms with Crippen LogP contribution in [0.3, 0.4) is 0 Å². The monoisotopic (exact) mass is 265 g/mol. The van der Waals surface area contributed by atoms with Crippen LogP contribution in [0.4, 0.5) is 0 Å². The summed E-state index contributed by atoms with van der Waals surface area (Å²) < 4.78 is 11.6. The summed E-state index contributed by atoms with van der Waals surface area (Å²) in [5.41, 5.74) is 7.42. The number of para-hydroxylation sites is 1. The standard InChI is InChI=1S/C16H27NO2/c1-4-9-15(18-6-3)16(17)13-10-7-8-11-14(13)19-12-5-2/h7-8,10-11,15-16H,4-6,9,12,17H2,1-3H3. The minimum Gasteiger partial charge on any atom is -0.493 e. The van der Waals surface area contributed by atoms with Gasteiger partial charge in [-0.25, -0.2) is 0 Å². The van der Waals surface area contributed by atoms with E-state index in [1.165, 1.54) is 0 Å². The molecule has 3 heteroatoms. The molecule has 1 rings (SSSR count). The summed E-state index contributed by atoms with van der Waals surface area (Å²) in [5, 5.41) is 0. The fourth-order valence-electron chi connectivity index (χ4n) is 2.16. The molecule has 0 saturated carbocycles. The maximum atomic E-state index is 6.38. The van der Waals surface area contributed by atoms with Crippen LogP contribution >= 0.6 is 0 Å². The molecular weight excluding hydrogens is 238 g/mol. The first-order chi connectivity index (χ1) is 9.24. The van der Waals surface area contributed by atoms with E-state index in [-0.39, 0.29) is 12.1 Å². The van der Waals surface area contributed by atoms with E-state index in [1.807, 2.05) is 31.2 Å². The van der Waals surface area contributed by atoms with Gasteiger partial charge in [-0.1, -0.05) is 38.5 Å². The van der Waals surface area contributed by atoms with Crippen molar-refractivity contribution in [3.8, 4) is 5.75 Å². The van der Waals surface area contributed by atoms with Crippen LogP contribution in [0, 0.1) is 0 Å². The van der Waals surface area contributed by atoms with E-state index in [1.54, 1.807) is 0 Å². The lowest BCUT2D eigenvalue weighted by Crippen LogP contribution is -2.29. The lowest BCUT2D eigenvalue weighted by Gasteiger charge is -2.25. The van der Waals surface area contributed by atoms with Crippen molar-refractivity contribution in [3.63, 3.8) is 0 Å².